The number of benzene rings is 9. The van der Waals surface area contributed by atoms with Gasteiger partial charge in [0, 0.05) is 33.2 Å². The zero-order valence-corrected chi connectivity index (χ0v) is 30.7. The van der Waals surface area contributed by atoms with Crippen LogP contribution < -0.4 is 0 Å². The molecule has 0 aliphatic heterocycles. The number of hydrogen-bond acceptors (Lipinski definition) is 3. The van der Waals surface area contributed by atoms with Gasteiger partial charge in [0.1, 0.15) is 0 Å². The molecule has 0 amide bonds. The molecule has 0 fully saturated rings. The molecule has 0 saturated carbocycles. The topological polar surface area (TPSA) is 43.6 Å². The van der Waals surface area contributed by atoms with Crippen molar-refractivity contribution in [3.63, 3.8) is 0 Å². The fraction of sp³-hybridized carbons (Fsp3) is 0.0192. The second-order valence-corrected chi connectivity index (χ2v) is 14.5. The van der Waals surface area contributed by atoms with Gasteiger partial charge in [-0.3, -0.25) is 0 Å². The van der Waals surface area contributed by atoms with Crippen molar-refractivity contribution in [2.45, 2.75) is 6.92 Å². The van der Waals surface area contributed by atoms with Crippen LogP contribution in [0.2, 0.25) is 0 Å². The molecule has 262 valence electrons. The zero-order valence-electron chi connectivity index (χ0n) is 30.7. The van der Waals surface area contributed by atoms with Crippen LogP contribution in [0.4, 0.5) is 0 Å². The van der Waals surface area contributed by atoms with Crippen molar-refractivity contribution in [1.29, 1.82) is 0 Å². The van der Waals surface area contributed by atoms with Crippen LogP contribution in [-0.4, -0.2) is 19.5 Å². The fourth-order valence-electron chi connectivity index (χ4n) is 8.43. The molecule has 2 heterocycles. The first kappa shape index (κ1) is 32.0. The Morgan fingerprint density at radius 3 is 1.36 bits per heavy atom. The standard InChI is InChI=1S/C52H34N4/c1-33-12-10-14-37(30-33)51-53-50(54-52(55-51)38-28-29-44-42-18-3-2-16-40(42)41-17-4-5-19-43(41)47(44)32-38)35-26-24-34(25-27-35)36-13-11-15-39(31-36)56-48-22-8-6-20-45(48)46-21-7-9-23-49(46)56/h2-32H,1H3. The van der Waals surface area contributed by atoms with Crippen LogP contribution in [0.5, 0.6) is 0 Å². The molecule has 11 rings (SSSR count). The van der Waals surface area contributed by atoms with Gasteiger partial charge in [0.05, 0.1) is 11.0 Å². The van der Waals surface area contributed by atoms with E-state index in [0.29, 0.717) is 17.5 Å². The quantitative estimate of drug-likeness (QED) is 0.167. The van der Waals surface area contributed by atoms with Gasteiger partial charge in [0.25, 0.3) is 0 Å². The van der Waals surface area contributed by atoms with Crippen LogP contribution in [0.3, 0.4) is 0 Å². The molecule has 4 heteroatoms. The minimum absolute atomic E-state index is 0.639. The summed E-state index contributed by atoms with van der Waals surface area (Å²) >= 11 is 0. The number of nitrogens with zero attached hydrogens (tertiary/aromatic N) is 4. The number of para-hydroxylation sites is 2. The van der Waals surface area contributed by atoms with Crippen LogP contribution in [0, 0.1) is 6.92 Å². The Kier molecular flexibility index (Phi) is 7.36. The second-order valence-electron chi connectivity index (χ2n) is 14.5. The summed E-state index contributed by atoms with van der Waals surface area (Å²) in [4.78, 5) is 15.3. The maximum Gasteiger partial charge on any atom is 0.164 e. The van der Waals surface area contributed by atoms with E-state index in [4.69, 9.17) is 15.0 Å². The van der Waals surface area contributed by atoms with Gasteiger partial charge in [0.15, 0.2) is 17.5 Å². The van der Waals surface area contributed by atoms with Gasteiger partial charge in [-0.15, -0.1) is 0 Å². The summed E-state index contributed by atoms with van der Waals surface area (Å²) < 4.78 is 2.36. The molecule has 0 spiro atoms. The molecule has 0 aliphatic carbocycles. The van der Waals surface area contributed by atoms with Gasteiger partial charge in [-0.2, -0.15) is 0 Å². The van der Waals surface area contributed by atoms with E-state index in [9.17, 15) is 0 Å². The molecule has 0 unspecified atom stereocenters. The molecule has 0 aliphatic rings. The molecule has 0 bridgehead atoms. The predicted octanol–water partition coefficient (Wildman–Crippen LogP) is 13.4. The van der Waals surface area contributed by atoms with Crippen molar-refractivity contribution in [3.8, 4) is 51.0 Å². The van der Waals surface area contributed by atoms with E-state index in [2.05, 4.69) is 200 Å². The predicted molar refractivity (Wildman–Crippen MR) is 233 cm³/mol. The Balaban J connectivity index is 1.02. The lowest BCUT2D eigenvalue weighted by Gasteiger charge is -2.13. The van der Waals surface area contributed by atoms with Crippen LogP contribution in [0.15, 0.2) is 188 Å². The third kappa shape index (κ3) is 5.26. The Labute approximate surface area is 324 Å². The van der Waals surface area contributed by atoms with E-state index in [1.165, 1.54) is 54.1 Å². The van der Waals surface area contributed by atoms with Gasteiger partial charge in [-0.05, 0) is 86.8 Å². The van der Waals surface area contributed by atoms with Gasteiger partial charge < -0.3 is 4.57 Å². The maximum atomic E-state index is 5.15. The van der Waals surface area contributed by atoms with Gasteiger partial charge in [-0.1, -0.05) is 157 Å². The fourth-order valence-corrected chi connectivity index (χ4v) is 8.43. The van der Waals surface area contributed by atoms with Crippen LogP contribution in [0.25, 0.3) is 105 Å². The summed E-state index contributed by atoms with van der Waals surface area (Å²) in [5.41, 5.74) is 9.80. The SMILES string of the molecule is Cc1cccc(-c2nc(-c3ccc(-c4cccc(-n5c6ccccc6c6ccccc65)c4)cc3)nc(-c3ccc4c5ccccc5c5ccccc5c4c3)n2)c1. The molecule has 0 N–H and O–H groups in total. The average molecular weight is 715 g/mol. The lowest BCUT2D eigenvalue weighted by Crippen LogP contribution is -2.00. The molecule has 9 aromatic carbocycles. The first-order valence-corrected chi connectivity index (χ1v) is 19.0. The Morgan fingerprint density at radius 1 is 0.304 bits per heavy atom. The molecule has 0 radical (unpaired) electrons. The largest absolute Gasteiger partial charge is 0.309 e. The van der Waals surface area contributed by atoms with Gasteiger partial charge in [-0.25, -0.2) is 15.0 Å². The smallest absolute Gasteiger partial charge is 0.164 e. The highest BCUT2D eigenvalue weighted by Gasteiger charge is 2.16. The summed E-state index contributed by atoms with van der Waals surface area (Å²) in [7, 11) is 0. The third-order valence-corrected chi connectivity index (χ3v) is 11.1. The first-order chi connectivity index (χ1) is 27.7. The number of rotatable bonds is 5. The molecular weight excluding hydrogens is 681 g/mol. The molecule has 56 heavy (non-hydrogen) atoms. The van der Waals surface area contributed by atoms with Crippen LogP contribution in [-0.2, 0) is 0 Å². The van der Waals surface area contributed by atoms with E-state index >= 15 is 0 Å². The lowest BCUT2D eigenvalue weighted by atomic mass is 9.93. The number of hydrogen-bond donors (Lipinski definition) is 0. The van der Waals surface area contributed by atoms with Crippen molar-refractivity contribution in [2.24, 2.45) is 0 Å². The van der Waals surface area contributed by atoms with E-state index in [0.717, 1.165) is 39.1 Å². The van der Waals surface area contributed by atoms with Crippen molar-refractivity contribution < 1.29 is 0 Å². The summed E-state index contributed by atoms with van der Waals surface area (Å²) in [6, 6.07) is 66.9. The lowest BCUT2D eigenvalue weighted by molar-refractivity contribution is 1.07. The summed E-state index contributed by atoms with van der Waals surface area (Å²) in [6.07, 6.45) is 0. The number of aryl methyl sites for hydroxylation is 1. The summed E-state index contributed by atoms with van der Waals surface area (Å²) in [6.45, 7) is 2.10. The van der Waals surface area contributed by atoms with Gasteiger partial charge >= 0.3 is 0 Å². The highest BCUT2D eigenvalue weighted by molar-refractivity contribution is 6.25. The minimum atomic E-state index is 0.639. The summed E-state index contributed by atoms with van der Waals surface area (Å²) in [5, 5.41) is 9.87. The van der Waals surface area contributed by atoms with E-state index in [1.807, 2.05) is 0 Å². The zero-order chi connectivity index (χ0) is 37.2. The highest BCUT2D eigenvalue weighted by Crippen LogP contribution is 2.38. The monoisotopic (exact) mass is 714 g/mol. The van der Waals surface area contributed by atoms with E-state index in [1.54, 1.807) is 0 Å². The first-order valence-electron chi connectivity index (χ1n) is 19.0. The second kappa shape index (κ2) is 12.9. The van der Waals surface area contributed by atoms with Crippen molar-refractivity contribution in [1.82, 2.24) is 19.5 Å². The molecule has 0 atom stereocenters. The Morgan fingerprint density at radius 2 is 0.750 bits per heavy atom. The Bertz CT molecular complexity index is 3230. The maximum absolute atomic E-state index is 5.15. The highest BCUT2D eigenvalue weighted by atomic mass is 15.0. The molecule has 4 nitrogen and oxygen atoms in total. The number of aromatic nitrogens is 4. The normalized spacial score (nSPS) is 11.7. The van der Waals surface area contributed by atoms with Crippen LogP contribution in [0.1, 0.15) is 5.56 Å². The van der Waals surface area contributed by atoms with Crippen LogP contribution >= 0.6 is 0 Å². The van der Waals surface area contributed by atoms with Crippen molar-refractivity contribution in [3.05, 3.63) is 194 Å². The Hall–Kier alpha value is -7.43. The number of fused-ring (bicyclic) bond motifs is 9. The van der Waals surface area contributed by atoms with Crippen molar-refractivity contribution >= 4 is 54.1 Å². The molecule has 11 aromatic rings. The summed E-state index contributed by atoms with van der Waals surface area (Å²) in [5.74, 6) is 1.94. The molecular formula is C52H34N4. The van der Waals surface area contributed by atoms with E-state index < -0.39 is 0 Å². The van der Waals surface area contributed by atoms with Crippen molar-refractivity contribution in [2.75, 3.05) is 0 Å². The van der Waals surface area contributed by atoms with Gasteiger partial charge in [0.2, 0.25) is 0 Å². The van der Waals surface area contributed by atoms with E-state index in [-0.39, 0.29) is 0 Å². The average Bonchev–Trinajstić information content (AvgIpc) is 3.61. The molecule has 0 saturated heterocycles. The third-order valence-electron chi connectivity index (χ3n) is 11.1. The minimum Gasteiger partial charge on any atom is -0.309 e. The molecule has 2 aromatic heterocycles.